The lowest BCUT2D eigenvalue weighted by Gasteiger charge is -2.07. The lowest BCUT2D eigenvalue weighted by Crippen LogP contribution is -2.28. The van der Waals surface area contributed by atoms with E-state index in [-0.39, 0.29) is 24.4 Å². The van der Waals surface area contributed by atoms with Gasteiger partial charge in [0.05, 0.1) is 5.52 Å². The largest absolute Gasteiger partial charge is 0.352 e. The van der Waals surface area contributed by atoms with Crippen molar-refractivity contribution < 1.29 is 4.79 Å². The molecule has 1 aromatic carbocycles. The van der Waals surface area contributed by atoms with Crippen LogP contribution in [0.5, 0.6) is 0 Å². The first-order valence-corrected chi connectivity index (χ1v) is 5.91. The lowest BCUT2D eigenvalue weighted by atomic mass is 10.2. The molecule has 1 unspecified atom stereocenters. The molecule has 0 bridgehead atoms. The van der Waals surface area contributed by atoms with Crippen molar-refractivity contribution in [3.8, 4) is 0 Å². The zero-order valence-corrected chi connectivity index (χ0v) is 11.8. The molecule has 2 rings (SSSR count). The number of carbonyl (C=O) groups is 1. The van der Waals surface area contributed by atoms with Gasteiger partial charge in [0, 0.05) is 25.2 Å². The first-order valence-electron chi connectivity index (χ1n) is 5.91. The molecule has 7 heteroatoms. The van der Waals surface area contributed by atoms with E-state index in [1.165, 1.54) is 0 Å². The first kappa shape index (κ1) is 15.4. The van der Waals surface area contributed by atoms with Gasteiger partial charge in [-0.1, -0.05) is 5.21 Å². The molecule has 104 valence electrons. The third-order valence-electron chi connectivity index (χ3n) is 2.76. The van der Waals surface area contributed by atoms with Crippen LogP contribution in [0.15, 0.2) is 18.2 Å². The molecule has 2 aromatic rings. The molecule has 0 spiro atoms. The van der Waals surface area contributed by atoms with E-state index in [1.807, 2.05) is 20.0 Å². The summed E-state index contributed by atoms with van der Waals surface area (Å²) in [6.07, 6.45) is 0.763. The van der Waals surface area contributed by atoms with Gasteiger partial charge in [-0.15, -0.1) is 17.5 Å². The summed E-state index contributed by atoms with van der Waals surface area (Å²) in [4.78, 5) is 11.9. The van der Waals surface area contributed by atoms with Crippen LogP contribution in [-0.2, 0) is 7.05 Å². The smallest absolute Gasteiger partial charge is 0.251 e. The molecule has 0 saturated carbocycles. The predicted octanol–water partition coefficient (Wildman–Crippen LogP) is 0.857. The van der Waals surface area contributed by atoms with E-state index in [4.69, 9.17) is 5.73 Å². The Labute approximate surface area is 117 Å². The Bertz CT molecular complexity index is 566. The van der Waals surface area contributed by atoms with Gasteiger partial charge in [-0.05, 0) is 31.5 Å². The summed E-state index contributed by atoms with van der Waals surface area (Å²) < 4.78 is 1.67. The fourth-order valence-corrected chi connectivity index (χ4v) is 1.70. The van der Waals surface area contributed by atoms with E-state index in [2.05, 4.69) is 15.6 Å². The summed E-state index contributed by atoms with van der Waals surface area (Å²) in [6.45, 7) is 2.49. The normalized spacial score (nSPS) is 11.9. The van der Waals surface area contributed by atoms with Crippen LogP contribution >= 0.6 is 12.4 Å². The molecule has 0 aliphatic rings. The van der Waals surface area contributed by atoms with Gasteiger partial charge in [0.2, 0.25) is 0 Å². The Balaban J connectivity index is 0.00000180. The summed E-state index contributed by atoms with van der Waals surface area (Å²) in [7, 11) is 1.82. The number of hydrogen-bond donors (Lipinski definition) is 2. The molecule has 1 amide bonds. The Kier molecular flexibility index (Phi) is 5.26. The summed E-state index contributed by atoms with van der Waals surface area (Å²) >= 11 is 0. The molecule has 0 fully saturated rings. The van der Waals surface area contributed by atoms with Gasteiger partial charge in [0.25, 0.3) is 5.91 Å². The number of hydrogen-bond acceptors (Lipinski definition) is 4. The van der Waals surface area contributed by atoms with Crippen molar-refractivity contribution in [1.82, 2.24) is 20.3 Å². The Morgan fingerprint density at radius 2 is 2.26 bits per heavy atom. The zero-order chi connectivity index (χ0) is 13.1. The van der Waals surface area contributed by atoms with E-state index < -0.39 is 0 Å². The van der Waals surface area contributed by atoms with Crippen molar-refractivity contribution in [2.75, 3.05) is 6.54 Å². The van der Waals surface area contributed by atoms with E-state index >= 15 is 0 Å². The minimum Gasteiger partial charge on any atom is -0.352 e. The number of aryl methyl sites for hydroxylation is 1. The van der Waals surface area contributed by atoms with Crippen molar-refractivity contribution in [2.45, 2.75) is 19.4 Å². The van der Waals surface area contributed by atoms with Gasteiger partial charge < -0.3 is 11.1 Å². The number of rotatable bonds is 4. The number of nitrogens with two attached hydrogens (primary N) is 1. The van der Waals surface area contributed by atoms with Crippen LogP contribution in [0, 0.1) is 0 Å². The van der Waals surface area contributed by atoms with Gasteiger partial charge in [-0.3, -0.25) is 4.79 Å². The van der Waals surface area contributed by atoms with Crippen molar-refractivity contribution in [3.05, 3.63) is 23.8 Å². The van der Waals surface area contributed by atoms with Gasteiger partial charge in [0.1, 0.15) is 5.52 Å². The lowest BCUT2D eigenvalue weighted by molar-refractivity contribution is 0.0953. The van der Waals surface area contributed by atoms with Crippen molar-refractivity contribution in [3.63, 3.8) is 0 Å². The number of nitrogens with one attached hydrogen (secondary N) is 1. The van der Waals surface area contributed by atoms with Gasteiger partial charge >= 0.3 is 0 Å². The molecule has 0 aliphatic carbocycles. The highest BCUT2D eigenvalue weighted by molar-refractivity contribution is 5.97. The summed E-state index contributed by atoms with van der Waals surface area (Å²) in [6, 6.07) is 5.44. The number of amides is 1. The minimum atomic E-state index is -0.108. The molecule has 1 heterocycles. The van der Waals surface area contributed by atoms with Gasteiger partial charge in [-0.2, -0.15) is 0 Å². The van der Waals surface area contributed by atoms with Crippen LogP contribution in [0.2, 0.25) is 0 Å². The molecule has 19 heavy (non-hydrogen) atoms. The summed E-state index contributed by atoms with van der Waals surface area (Å²) in [5.74, 6) is -0.108. The minimum absolute atomic E-state index is 0. The Morgan fingerprint density at radius 1 is 1.53 bits per heavy atom. The fraction of sp³-hybridized carbons (Fsp3) is 0.417. The third kappa shape index (κ3) is 3.65. The highest BCUT2D eigenvalue weighted by Crippen LogP contribution is 2.12. The zero-order valence-electron chi connectivity index (χ0n) is 11.0. The van der Waals surface area contributed by atoms with Crippen LogP contribution in [0.25, 0.3) is 11.0 Å². The number of nitrogens with zero attached hydrogens (tertiary/aromatic N) is 3. The average molecular weight is 284 g/mol. The maximum atomic E-state index is 11.9. The maximum absolute atomic E-state index is 11.9. The van der Waals surface area contributed by atoms with Crippen molar-refractivity contribution in [2.24, 2.45) is 12.8 Å². The van der Waals surface area contributed by atoms with Crippen LogP contribution in [-0.4, -0.2) is 33.5 Å². The number of aromatic nitrogens is 3. The standard InChI is InChI=1S/C12H17N5O.ClH/c1-8(13)5-6-14-12(18)9-3-4-11-10(7-9)15-16-17(11)2;/h3-4,7-8H,5-6,13H2,1-2H3,(H,14,18);1H. The Hall–Kier alpha value is -1.66. The summed E-state index contributed by atoms with van der Waals surface area (Å²) in [5, 5.41) is 10.7. The number of carbonyl (C=O) groups excluding carboxylic acids is 1. The molecule has 3 N–H and O–H groups in total. The maximum Gasteiger partial charge on any atom is 0.251 e. The SMILES string of the molecule is CC(N)CCNC(=O)c1ccc2c(c1)nnn2C.Cl. The van der Waals surface area contributed by atoms with Crippen LogP contribution in [0.1, 0.15) is 23.7 Å². The molecule has 6 nitrogen and oxygen atoms in total. The highest BCUT2D eigenvalue weighted by atomic mass is 35.5. The van der Waals surface area contributed by atoms with Gasteiger partial charge in [-0.25, -0.2) is 4.68 Å². The second-order valence-corrected chi connectivity index (χ2v) is 4.44. The fourth-order valence-electron chi connectivity index (χ4n) is 1.70. The number of benzene rings is 1. The topological polar surface area (TPSA) is 85.8 Å². The molecule has 1 aromatic heterocycles. The van der Waals surface area contributed by atoms with E-state index in [0.29, 0.717) is 12.1 Å². The van der Waals surface area contributed by atoms with Crippen LogP contribution in [0.3, 0.4) is 0 Å². The molecular formula is C12H18ClN5O. The van der Waals surface area contributed by atoms with Crippen LogP contribution in [0.4, 0.5) is 0 Å². The second-order valence-electron chi connectivity index (χ2n) is 4.44. The molecule has 0 saturated heterocycles. The quantitative estimate of drug-likeness (QED) is 0.871. The monoisotopic (exact) mass is 283 g/mol. The summed E-state index contributed by atoms with van der Waals surface area (Å²) in [5.41, 5.74) is 7.84. The van der Waals surface area contributed by atoms with E-state index in [0.717, 1.165) is 17.5 Å². The van der Waals surface area contributed by atoms with Crippen molar-refractivity contribution >= 4 is 29.3 Å². The predicted molar refractivity (Wildman–Crippen MR) is 76.4 cm³/mol. The van der Waals surface area contributed by atoms with Crippen molar-refractivity contribution in [1.29, 1.82) is 0 Å². The molecule has 0 aliphatic heterocycles. The second kappa shape index (κ2) is 6.49. The first-order chi connectivity index (χ1) is 8.58. The average Bonchev–Trinajstić information content (AvgIpc) is 2.70. The third-order valence-corrected chi connectivity index (χ3v) is 2.76. The molecule has 0 radical (unpaired) electrons. The number of halogens is 1. The number of fused-ring (bicyclic) bond motifs is 1. The van der Waals surface area contributed by atoms with Crippen LogP contribution < -0.4 is 11.1 Å². The van der Waals surface area contributed by atoms with E-state index in [1.54, 1.807) is 16.8 Å². The molecule has 1 atom stereocenters. The van der Waals surface area contributed by atoms with Gasteiger partial charge in [0.15, 0.2) is 0 Å². The molecular weight excluding hydrogens is 266 g/mol. The van der Waals surface area contributed by atoms with E-state index in [9.17, 15) is 4.79 Å². The highest BCUT2D eigenvalue weighted by Gasteiger charge is 2.08. The Morgan fingerprint density at radius 3 is 2.95 bits per heavy atom.